The lowest BCUT2D eigenvalue weighted by Crippen LogP contribution is -2.18. The van der Waals surface area contributed by atoms with E-state index in [1.807, 2.05) is 0 Å². The fraction of sp³-hybridized carbons (Fsp3) is 0.0526. The molecular weight excluding hydrogens is 430 g/mol. The van der Waals surface area contributed by atoms with E-state index < -0.39 is 10.8 Å². The lowest BCUT2D eigenvalue weighted by atomic mass is 10.1. The highest BCUT2D eigenvalue weighted by Gasteiger charge is 2.12. The number of furan rings is 1. The van der Waals surface area contributed by atoms with Gasteiger partial charge in [0.2, 0.25) is 0 Å². The average Bonchev–Trinajstić information content (AvgIpc) is 3.17. The van der Waals surface area contributed by atoms with Gasteiger partial charge in [0.1, 0.15) is 17.3 Å². The third kappa shape index (κ3) is 4.44. The second kappa shape index (κ2) is 8.49. The number of non-ortho nitro benzene ring substituents is 1. The second-order valence-corrected chi connectivity index (χ2v) is 6.47. The summed E-state index contributed by atoms with van der Waals surface area (Å²) in [5, 5.41) is 14.8. The minimum Gasteiger partial charge on any atom is -0.496 e. The van der Waals surface area contributed by atoms with Crippen LogP contribution in [0.4, 0.5) is 5.69 Å². The van der Waals surface area contributed by atoms with Gasteiger partial charge < -0.3 is 9.15 Å². The van der Waals surface area contributed by atoms with Crippen molar-refractivity contribution >= 4 is 33.7 Å². The van der Waals surface area contributed by atoms with Gasteiger partial charge in [0, 0.05) is 22.2 Å². The van der Waals surface area contributed by atoms with Crippen LogP contribution in [0, 0.1) is 10.1 Å². The second-order valence-electron chi connectivity index (χ2n) is 5.55. The first-order chi connectivity index (χ1) is 13.5. The van der Waals surface area contributed by atoms with Crippen LogP contribution in [-0.2, 0) is 0 Å². The first-order valence-corrected chi connectivity index (χ1v) is 8.79. The van der Waals surface area contributed by atoms with Crippen molar-refractivity contribution in [2.24, 2.45) is 5.10 Å². The number of ether oxygens (including phenoxy) is 1. The molecule has 0 atom stereocenters. The quantitative estimate of drug-likeness (QED) is 0.345. The highest BCUT2D eigenvalue weighted by atomic mass is 79.9. The number of rotatable bonds is 6. The van der Waals surface area contributed by atoms with Crippen molar-refractivity contribution in [3.05, 3.63) is 80.5 Å². The third-order valence-electron chi connectivity index (χ3n) is 3.73. The summed E-state index contributed by atoms with van der Waals surface area (Å²) in [7, 11) is 1.47. The molecule has 8 nitrogen and oxygen atoms in total. The monoisotopic (exact) mass is 443 g/mol. The van der Waals surface area contributed by atoms with Gasteiger partial charge in [-0.1, -0.05) is 28.1 Å². The highest BCUT2D eigenvalue weighted by molar-refractivity contribution is 9.10. The van der Waals surface area contributed by atoms with Crippen LogP contribution in [0.2, 0.25) is 0 Å². The standard InChI is InChI=1S/C19H14BrN3O5/c1-27-18-7-5-13(20)10-16(18)19(24)22-21-11-15-6-8-17(28-15)12-3-2-4-14(9-12)23(25)26/h2-11H,1H3,(H,22,24)/b21-11-. The number of halogens is 1. The Hall–Kier alpha value is -3.46. The number of carbonyl (C=O) groups excluding carboxylic acids is 1. The largest absolute Gasteiger partial charge is 0.496 e. The van der Waals surface area contributed by atoms with E-state index >= 15 is 0 Å². The van der Waals surface area contributed by atoms with Crippen LogP contribution in [0.25, 0.3) is 11.3 Å². The molecule has 0 saturated carbocycles. The Morgan fingerprint density at radius 3 is 2.82 bits per heavy atom. The predicted octanol–water partition coefficient (Wildman–Crippen LogP) is 4.39. The maximum Gasteiger partial charge on any atom is 0.275 e. The van der Waals surface area contributed by atoms with Gasteiger partial charge in [0.25, 0.3) is 11.6 Å². The van der Waals surface area contributed by atoms with E-state index in [-0.39, 0.29) is 5.69 Å². The zero-order valence-corrected chi connectivity index (χ0v) is 16.2. The molecule has 1 amide bonds. The number of nitro groups is 1. The van der Waals surface area contributed by atoms with Gasteiger partial charge in [0.05, 0.1) is 23.8 Å². The Bertz CT molecular complexity index is 1060. The first kappa shape index (κ1) is 19.3. The maximum atomic E-state index is 12.3. The number of nitro benzene ring substituents is 1. The topological polar surface area (TPSA) is 107 Å². The fourth-order valence-corrected chi connectivity index (χ4v) is 2.78. The van der Waals surface area contributed by atoms with Crippen LogP contribution in [-0.4, -0.2) is 24.2 Å². The summed E-state index contributed by atoms with van der Waals surface area (Å²) in [6.07, 6.45) is 1.34. The summed E-state index contributed by atoms with van der Waals surface area (Å²) in [4.78, 5) is 22.7. The predicted molar refractivity (Wildman–Crippen MR) is 107 cm³/mol. The van der Waals surface area contributed by atoms with Gasteiger partial charge in [-0.05, 0) is 30.3 Å². The minimum absolute atomic E-state index is 0.0284. The van der Waals surface area contributed by atoms with Gasteiger partial charge in [-0.2, -0.15) is 5.10 Å². The summed E-state index contributed by atoms with van der Waals surface area (Å²) >= 11 is 3.31. The molecule has 0 saturated heterocycles. The number of nitrogens with zero attached hydrogens (tertiary/aromatic N) is 2. The number of hydrazone groups is 1. The number of carbonyl (C=O) groups is 1. The van der Waals surface area contributed by atoms with Crippen molar-refractivity contribution in [1.29, 1.82) is 0 Å². The Morgan fingerprint density at radius 1 is 1.25 bits per heavy atom. The van der Waals surface area contributed by atoms with E-state index in [0.29, 0.717) is 28.4 Å². The van der Waals surface area contributed by atoms with Crippen molar-refractivity contribution in [2.75, 3.05) is 7.11 Å². The van der Waals surface area contributed by atoms with Crippen LogP contribution < -0.4 is 10.2 Å². The number of amides is 1. The smallest absolute Gasteiger partial charge is 0.275 e. The Balaban J connectivity index is 1.71. The molecule has 1 heterocycles. The Morgan fingerprint density at radius 2 is 2.07 bits per heavy atom. The molecule has 0 radical (unpaired) electrons. The average molecular weight is 444 g/mol. The van der Waals surface area contributed by atoms with Gasteiger partial charge >= 0.3 is 0 Å². The molecule has 142 valence electrons. The zero-order valence-electron chi connectivity index (χ0n) is 14.6. The Labute approximate surface area is 168 Å². The lowest BCUT2D eigenvalue weighted by Gasteiger charge is -2.07. The minimum atomic E-state index is -0.472. The molecule has 0 aliphatic rings. The molecule has 0 fully saturated rings. The molecule has 0 unspecified atom stereocenters. The van der Waals surface area contributed by atoms with E-state index in [2.05, 4.69) is 26.5 Å². The van der Waals surface area contributed by atoms with Crippen LogP contribution in [0.15, 0.2) is 68.6 Å². The maximum absolute atomic E-state index is 12.3. The van der Waals surface area contributed by atoms with Crippen LogP contribution >= 0.6 is 15.9 Å². The third-order valence-corrected chi connectivity index (χ3v) is 4.23. The number of hydrogen-bond donors (Lipinski definition) is 1. The lowest BCUT2D eigenvalue weighted by molar-refractivity contribution is -0.384. The molecule has 1 aromatic heterocycles. The van der Waals surface area contributed by atoms with Crippen LogP contribution in [0.5, 0.6) is 5.75 Å². The molecular formula is C19H14BrN3O5. The number of benzene rings is 2. The van der Waals surface area contributed by atoms with Crippen LogP contribution in [0.1, 0.15) is 16.1 Å². The highest BCUT2D eigenvalue weighted by Crippen LogP contribution is 2.25. The normalized spacial score (nSPS) is 10.8. The van der Waals surface area contributed by atoms with Gasteiger partial charge in [-0.3, -0.25) is 14.9 Å². The molecule has 0 aliphatic heterocycles. The van der Waals surface area contributed by atoms with Crippen molar-refractivity contribution in [3.63, 3.8) is 0 Å². The first-order valence-electron chi connectivity index (χ1n) is 7.99. The molecule has 0 aliphatic carbocycles. The number of methoxy groups -OCH3 is 1. The zero-order chi connectivity index (χ0) is 20.1. The van der Waals surface area contributed by atoms with E-state index in [0.717, 1.165) is 4.47 Å². The SMILES string of the molecule is COc1ccc(Br)cc1C(=O)N/N=C\c1ccc(-c2cccc([N+](=O)[O-])c2)o1. The van der Waals surface area contributed by atoms with E-state index in [1.54, 1.807) is 42.5 Å². The van der Waals surface area contributed by atoms with E-state index in [1.165, 1.54) is 25.5 Å². The summed E-state index contributed by atoms with van der Waals surface area (Å²) in [5.74, 6) is 0.801. The Kier molecular flexibility index (Phi) is 5.85. The summed E-state index contributed by atoms with van der Waals surface area (Å²) in [5.41, 5.74) is 3.27. The van der Waals surface area contributed by atoms with Crippen molar-refractivity contribution in [1.82, 2.24) is 5.43 Å². The fourth-order valence-electron chi connectivity index (χ4n) is 2.42. The van der Waals surface area contributed by atoms with Gasteiger partial charge in [0.15, 0.2) is 0 Å². The number of hydrogen-bond acceptors (Lipinski definition) is 6. The molecule has 2 aromatic carbocycles. The number of nitrogens with one attached hydrogen (secondary N) is 1. The van der Waals surface area contributed by atoms with Gasteiger partial charge in [-0.25, -0.2) is 5.43 Å². The van der Waals surface area contributed by atoms with E-state index in [9.17, 15) is 14.9 Å². The molecule has 28 heavy (non-hydrogen) atoms. The van der Waals surface area contributed by atoms with Gasteiger partial charge in [-0.15, -0.1) is 0 Å². The molecule has 0 spiro atoms. The van der Waals surface area contributed by atoms with Crippen molar-refractivity contribution < 1.29 is 18.9 Å². The summed E-state index contributed by atoms with van der Waals surface area (Å²) < 4.78 is 11.5. The van der Waals surface area contributed by atoms with Crippen molar-refractivity contribution in [3.8, 4) is 17.1 Å². The molecule has 3 aromatic rings. The summed E-state index contributed by atoms with van der Waals surface area (Å²) in [6.45, 7) is 0. The molecule has 3 rings (SSSR count). The molecule has 1 N–H and O–H groups in total. The molecule has 9 heteroatoms. The summed E-state index contributed by atoms with van der Waals surface area (Å²) in [6, 6.07) is 14.5. The van der Waals surface area contributed by atoms with E-state index in [4.69, 9.17) is 9.15 Å². The van der Waals surface area contributed by atoms with Crippen LogP contribution in [0.3, 0.4) is 0 Å². The van der Waals surface area contributed by atoms with Crippen molar-refractivity contribution in [2.45, 2.75) is 0 Å². The molecule has 0 bridgehead atoms.